The van der Waals surface area contributed by atoms with Crippen molar-refractivity contribution in [2.75, 3.05) is 11.4 Å². The van der Waals surface area contributed by atoms with E-state index in [1.165, 1.54) is 5.56 Å². The van der Waals surface area contributed by atoms with Crippen molar-refractivity contribution < 1.29 is 4.79 Å². The second-order valence-electron chi connectivity index (χ2n) is 4.81. The van der Waals surface area contributed by atoms with E-state index < -0.39 is 0 Å². The van der Waals surface area contributed by atoms with Crippen molar-refractivity contribution in [3.8, 4) is 0 Å². The minimum Gasteiger partial charge on any atom is -0.312 e. The van der Waals surface area contributed by atoms with Crippen molar-refractivity contribution >= 4 is 22.9 Å². The Bertz CT molecular complexity index is 606. The fourth-order valence-corrected chi connectivity index (χ4v) is 3.15. The van der Waals surface area contributed by atoms with Crippen molar-refractivity contribution in [2.45, 2.75) is 26.2 Å². The monoisotopic (exact) mass is 272 g/mol. The highest BCUT2D eigenvalue weighted by molar-refractivity contribution is 7.09. The maximum absolute atomic E-state index is 12.4. The van der Waals surface area contributed by atoms with E-state index in [0.717, 1.165) is 35.8 Å². The molecule has 2 aromatic rings. The summed E-state index contributed by atoms with van der Waals surface area (Å²) in [6.45, 7) is 2.79. The predicted molar refractivity (Wildman–Crippen MR) is 77.7 cm³/mol. The smallest absolute Gasteiger partial charge is 0.233 e. The fraction of sp³-hybridized carbons (Fsp3) is 0.333. The average Bonchev–Trinajstić information content (AvgIpc) is 2.83. The van der Waals surface area contributed by atoms with Gasteiger partial charge >= 0.3 is 0 Å². The SMILES string of the molecule is Cc1nc(CC(=O)N2CCCc3ccccc32)cs1. The lowest BCUT2D eigenvalue weighted by atomic mass is 10.0. The number of aromatic nitrogens is 1. The maximum atomic E-state index is 12.4. The predicted octanol–water partition coefficient (Wildman–Crippen LogP) is 2.97. The number of benzene rings is 1. The first-order valence-electron chi connectivity index (χ1n) is 6.53. The molecule has 0 unspecified atom stereocenters. The highest BCUT2D eigenvalue weighted by Crippen LogP contribution is 2.27. The van der Waals surface area contributed by atoms with Crippen molar-refractivity contribution in [3.63, 3.8) is 0 Å². The molecule has 0 saturated heterocycles. The average molecular weight is 272 g/mol. The first-order chi connectivity index (χ1) is 9.24. The van der Waals surface area contributed by atoms with Crippen molar-refractivity contribution in [2.24, 2.45) is 0 Å². The van der Waals surface area contributed by atoms with Crippen LogP contribution in [0.3, 0.4) is 0 Å². The molecule has 0 fully saturated rings. The molecule has 0 saturated carbocycles. The number of anilines is 1. The Balaban J connectivity index is 1.81. The van der Waals surface area contributed by atoms with E-state index in [4.69, 9.17) is 0 Å². The van der Waals surface area contributed by atoms with Crippen LogP contribution in [-0.2, 0) is 17.6 Å². The Kier molecular flexibility index (Phi) is 3.34. The van der Waals surface area contributed by atoms with Gasteiger partial charge in [0.25, 0.3) is 0 Å². The summed E-state index contributed by atoms with van der Waals surface area (Å²) in [4.78, 5) is 18.7. The van der Waals surface area contributed by atoms with Crippen LogP contribution in [0.25, 0.3) is 0 Å². The molecule has 4 heteroatoms. The third-order valence-electron chi connectivity index (χ3n) is 3.41. The number of hydrogen-bond acceptors (Lipinski definition) is 3. The summed E-state index contributed by atoms with van der Waals surface area (Å²) in [5.74, 6) is 0.150. The Labute approximate surface area is 116 Å². The highest BCUT2D eigenvalue weighted by atomic mass is 32.1. The number of fused-ring (bicyclic) bond motifs is 1. The second-order valence-corrected chi connectivity index (χ2v) is 5.87. The fourth-order valence-electron chi connectivity index (χ4n) is 2.53. The third kappa shape index (κ3) is 2.54. The summed E-state index contributed by atoms with van der Waals surface area (Å²) in [5.41, 5.74) is 3.23. The summed E-state index contributed by atoms with van der Waals surface area (Å²) in [6.07, 6.45) is 2.51. The first-order valence-corrected chi connectivity index (χ1v) is 7.41. The van der Waals surface area contributed by atoms with E-state index in [1.807, 2.05) is 35.4 Å². The number of amides is 1. The molecule has 1 amide bonds. The maximum Gasteiger partial charge on any atom is 0.233 e. The molecule has 1 aliphatic heterocycles. The van der Waals surface area contributed by atoms with Gasteiger partial charge in [-0.25, -0.2) is 4.98 Å². The zero-order valence-electron chi connectivity index (χ0n) is 10.9. The number of carbonyl (C=O) groups is 1. The summed E-state index contributed by atoms with van der Waals surface area (Å²) >= 11 is 1.60. The number of nitrogens with zero attached hydrogens (tertiary/aromatic N) is 2. The van der Waals surface area contributed by atoms with Gasteiger partial charge in [-0.1, -0.05) is 18.2 Å². The Morgan fingerprint density at radius 3 is 3.05 bits per heavy atom. The van der Waals surface area contributed by atoms with Crippen LogP contribution in [0.5, 0.6) is 0 Å². The first kappa shape index (κ1) is 12.4. The van der Waals surface area contributed by atoms with Gasteiger partial charge in [0.2, 0.25) is 5.91 Å². The molecule has 1 aromatic heterocycles. The van der Waals surface area contributed by atoms with Crippen LogP contribution in [0.1, 0.15) is 22.7 Å². The highest BCUT2D eigenvalue weighted by Gasteiger charge is 2.22. The zero-order chi connectivity index (χ0) is 13.2. The molecular formula is C15H16N2OS. The lowest BCUT2D eigenvalue weighted by Gasteiger charge is -2.29. The molecular weight excluding hydrogens is 256 g/mol. The lowest BCUT2D eigenvalue weighted by molar-refractivity contribution is -0.118. The van der Waals surface area contributed by atoms with E-state index >= 15 is 0 Å². The number of rotatable bonds is 2. The number of aryl methyl sites for hydroxylation is 2. The number of carbonyl (C=O) groups excluding carboxylic acids is 1. The van der Waals surface area contributed by atoms with Crippen LogP contribution in [0.4, 0.5) is 5.69 Å². The van der Waals surface area contributed by atoms with Gasteiger partial charge in [-0.05, 0) is 31.4 Å². The largest absolute Gasteiger partial charge is 0.312 e. The van der Waals surface area contributed by atoms with Gasteiger partial charge in [0.15, 0.2) is 0 Å². The number of para-hydroxylation sites is 1. The molecule has 2 heterocycles. The second kappa shape index (κ2) is 5.13. The van der Waals surface area contributed by atoms with Gasteiger partial charge in [0, 0.05) is 17.6 Å². The Morgan fingerprint density at radius 2 is 2.26 bits per heavy atom. The van der Waals surface area contributed by atoms with E-state index in [-0.39, 0.29) is 5.91 Å². The van der Waals surface area contributed by atoms with Crippen molar-refractivity contribution in [1.82, 2.24) is 4.98 Å². The summed E-state index contributed by atoms with van der Waals surface area (Å²) in [5, 5.41) is 2.99. The molecule has 0 N–H and O–H groups in total. The molecule has 19 heavy (non-hydrogen) atoms. The van der Waals surface area contributed by atoms with E-state index in [1.54, 1.807) is 11.3 Å². The minimum atomic E-state index is 0.150. The molecule has 98 valence electrons. The van der Waals surface area contributed by atoms with Crippen LogP contribution in [0, 0.1) is 6.92 Å². The van der Waals surface area contributed by atoms with Gasteiger partial charge in [0.05, 0.1) is 17.1 Å². The molecule has 1 aromatic carbocycles. The summed E-state index contributed by atoms with van der Waals surface area (Å²) < 4.78 is 0. The topological polar surface area (TPSA) is 33.2 Å². The summed E-state index contributed by atoms with van der Waals surface area (Å²) in [7, 11) is 0. The van der Waals surface area contributed by atoms with Gasteiger partial charge < -0.3 is 4.90 Å². The Hall–Kier alpha value is -1.68. The minimum absolute atomic E-state index is 0.150. The normalized spacial score (nSPS) is 14.3. The number of thiazole rings is 1. The van der Waals surface area contributed by atoms with Gasteiger partial charge in [-0.15, -0.1) is 11.3 Å². The van der Waals surface area contributed by atoms with Gasteiger partial charge in [-0.3, -0.25) is 4.79 Å². The van der Waals surface area contributed by atoms with Crippen molar-refractivity contribution in [1.29, 1.82) is 0 Å². The van der Waals surface area contributed by atoms with Crippen molar-refractivity contribution in [3.05, 3.63) is 45.9 Å². The van der Waals surface area contributed by atoms with E-state index in [0.29, 0.717) is 6.42 Å². The molecule has 0 aliphatic carbocycles. The van der Waals surface area contributed by atoms with Gasteiger partial charge in [-0.2, -0.15) is 0 Å². The molecule has 3 rings (SSSR count). The summed E-state index contributed by atoms with van der Waals surface area (Å²) in [6, 6.07) is 8.19. The van der Waals surface area contributed by atoms with Crippen LogP contribution in [0.15, 0.2) is 29.6 Å². The third-order valence-corrected chi connectivity index (χ3v) is 4.23. The number of hydrogen-bond donors (Lipinski definition) is 0. The molecule has 0 spiro atoms. The molecule has 0 atom stereocenters. The lowest BCUT2D eigenvalue weighted by Crippen LogP contribution is -2.36. The standard InChI is InChI=1S/C15H16N2OS/c1-11-16-13(10-19-11)9-15(18)17-8-4-6-12-5-2-3-7-14(12)17/h2-3,5,7,10H,4,6,8-9H2,1H3. The van der Waals surface area contributed by atoms with Crippen LogP contribution < -0.4 is 4.90 Å². The Morgan fingerprint density at radius 1 is 1.42 bits per heavy atom. The van der Waals surface area contributed by atoms with Crippen LogP contribution in [0.2, 0.25) is 0 Å². The molecule has 0 radical (unpaired) electrons. The van der Waals surface area contributed by atoms with Gasteiger partial charge in [0.1, 0.15) is 0 Å². The molecule has 0 bridgehead atoms. The molecule has 1 aliphatic rings. The quantitative estimate of drug-likeness (QED) is 0.842. The van der Waals surface area contributed by atoms with E-state index in [2.05, 4.69) is 11.1 Å². The van der Waals surface area contributed by atoms with Crippen LogP contribution >= 0.6 is 11.3 Å². The van der Waals surface area contributed by atoms with E-state index in [9.17, 15) is 4.79 Å². The zero-order valence-corrected chi connectivity index (χ0v) is 11.7. The van der Waals surface area contributed by atoms with Crippen LogP contribution in [-0.4, -0.2) is 17.4 Å². The molecule has 3 nitrogen and oxygen atoms in total.